The SMILES string of the molecule is O=C(COC(=O)c1cccc(CN2C(=O)c3ccccc3C2=O)c1)Nc1cccc(F)c1. The molecule has 8 heteroatoms. The summed E-state index contributed by atoms with van der Waals surface area (Å²) in [6.45, 7) is -0.564. The van der Waals surface area contributed by atoms with E-state index in [4.69, 9.17) is 4.74 Å². The minimum absolute atomic E-state index is 0.00642. The van der Waals surface area contributed by atoms with Gasteiger partial charge in [-0.1, -0.05) is 30.3 Å². The van der Waals surface area contributed by atoms with E-state index in [1.807, 2.05) is 0 Å². The van der Waals surface area contributed by atoms with Crippen molar-refractivity contribution in [3.63, 3.8) is 0 Å². The van der Waals surface area contributed by atoms with Crippen LogP contribution in [0.5, 0.6) is 0 Å². The van der Waals surface area contributed by atoms with Crippen LogP contribution in [-0.2, 0) is 16.1 Å². The lowest BCUT2D eigenvalue weighted by Gasteiger charge is -2.14. The van der Waals surface area contributed by atoms with Crippen molar-refractivity contribution in [2.45, 2.75) is 6.54 Å². The molecule has 0 saturated carbocycles. The minimum Gasteiger partial charge on any atom is -0.452 e. The van der Waals surface area contributed by atoms with Gasteiger partial charge >= 0.3 is 5.97 Å². The summed E-state index contributed by atoms with van der Waals surface area (Å²) in [5, 5.41) is 2.43. The highest BCUT2D eigenvalue weighted by Gasteiger charge is 2.35. The van der Waals surface area contributed by atoms with E-state index in [0.29, 0.717) is 16.7 Å². The number of hydrogen-bond donors (Lipinski definition) is 1. The molecule has 1 heterocycles. The predicted molar refractivity (Wildman–Crippen MR) is 112 cm³/mol. The molecule has 7 nitrogen and oxygen atoms in total. The van der Waals surface area contributed by atoms with Gasteiger partial charge in [0.1, 0.15) is 5.82 Å². The van der Waals surface area contributed by atoms with Gasteiger partial charge in [-0.2, -0.15) is 0 Å². The maximum atomic E-state index is 13.2. The van der Waals surface area contributed by atoms with Crippen molar-refractivity contribution in [3.05, 3.63) is 101 Å². The molecule has 3 aromatic carbocycles. The first-order chi connectivity index (χ1) is 15.4. The van der Waals surface area contributed by atoms with Crippen LogP contribution in [-0.4, -0.2) is 35.2 Å². The number of benzene rings is 3. The fraction of sp³-hybridized carbons (Fsp3) is 0.0833. The number of imide groups is 1. The molecule has 1 aliphatic rings. The Morgan fingerprint density at radius 2 is 1.56 bits per heavy atom. The molecule has 32 heavy (non-hydrogen) atoms. The number of fused-ring (bicyclic) bond motifs is 1. The molecule has 3 amide bonds. The van der Waals surface area contributed by atoms with Crippen molar-refractivity contribution in [2.24, 2.45) is 0 Å². The standard InChI is InChI=1S/C24H17FN2O5/c25-17-7-4-8-18(12-17)26-21(28)14-32-24(31)16-6-3-5-15(11-16)13-27-22(29)19-9-1-2-10-20(19)23(27)30/h1-12H,13-14H2,(H,26,28). The van der Waals surface area contributed by atoms with E-state index in [-0.39, 0.29) is 17.8 Å². The second kappa shape index (κ2) is 8.81. The lowest BCUT2D eigenvalue weighted by molar-refractivity contribution is -0.119. The Bertz CT molecular complexity index is 1210. The summed E-state index contributed by atoms with van der Waals surface area (Å²) < 4.78 is 18.2. The lowest BCUT2D eigenvalue weighted by atomic mass is 10.1. The zero-order valence-corrected chi connectivity index (χ0v) is 16.7. The van der Waals surface area contributed by atoms with Gasteiger partial charge in [0.05, 0.1) is 23.2 Å². The molecule has 0 bridgehead atoms. The van der Waals surface area contributed by atoms with Crippen molar-refractivity contribution in [2.75, 3.05) is 11.9 Å². The van der Waals surface area contributed by atoms with Crippen molar-refractivity contribution in [1.29, 1.82) is 0 Å². The number of hydrogen-bond acceptors (Lipinski definition) is 5. The highest BCUT2D eigenvalue weighted by molar-refractivity contribution is 6.21. The molecule has 0 aromatic heterocycles. The fourth-order valence-electron chi connectivity index (χ4n) is 3.34. The summed E-state index contributed by atoms with van der Waals surface area (Å²) >= 11 is 0. The number of nitrogens with zero attached hydrogens (tertiary/aromatic N) is 1. The van der Waals surface area contributed by atoms with Gasteiger partial charge in [0.15, 0.2) is 6.61 Å². The highest BCUT2D eigenvalue weighted by Crippen LogP contribution is 2.24. The van der Waals surface area contributed by atoms with E-state index < -0.39 is 36.1 Å². The van der Waals surface area contributed by atoms with Crippen LogP contribution in [0.25, 0.3) is 0 Å². The zero-order valence-electron chi connectivity index (χ0n) is 16.7. The number of carbonyl (C=O) groups excluding carboxylic acids is 4. The normalized spacial score (nSPS) is 12.5. The van der Waals surface area contributed by atoms with Crippen LogP contribution in [0, 0.1) is 5.82 Å². The Kier molecular flexibility index (Phi) is 5.76. The van der Waals surface area contributed by atoms with Crippen LogP contribution in [0.2, 0.25) is 0 Å². The van der Waals surface area contributed by atoms with Gasteiger partial charge < -0.3 is 10.1 Å². The average molecular weight is 432 g/mol. The highest BCUT2D eigenvalue weighted by atomic mass is 19.1. The molecular weight excluding hydrogens is 415 g/mol. The van der Waals surface area contributed by atoms with E-state index in [1.165, 1.54) is 30.3 Å². The average Bonchev–Trinajstić information content (AvgIpc) is 3.03. The van der Waals surface area contributed by atoms with E-state index in [2.05, 4.69) is 5.32 Å². The van der Waals surface area contributed by atoms with Gasteiger partial charge in [-0.3, -0.25) is 19.3 Å². The molecule has 3 aromatic rings. The maximum absolute atomic E-state index is 13.2. The van der Waals surface area contributed by atoms with Crippen LogP contribution >= 0.6 is 0 Å². The van der Waals surface area contributed by atoms with Gasteiger partial charge in [-0.15, -0.1) is 0 Å². The van der Waals surface area contributed by atoms with Crippen LogP contribution in [0.1, 0.15) is 36.6 Å². The molecule has 0 fully saturated rings. The van der Waals surface area contributed by atoms with Crippen LogP contribution < -0.4 is 5.32 Å². The van der Waals surface area contributed by atoms with E-state index >= 15 is 0 Å². The monoisotopic (exact) mass is 432 g/mol. The number of amides is 3. The first kappa shape index (κ1) is 20.9. The summed E-state index contributed by atoms with van der Waals surface area (Å²) in [6, 6.07) is 18.2. The number of rotatable bonds is 6. The quantitative estimate of drug-likeness (QED) is 0.476. The van der Waals surface area contributed by atoms with Crippen molar-refractivity contribution in [3.8, 4) is 0 Å². The summed E-state index contributed by atoms with van der Waals surface area (Å²) in [4.78, 5) is 50.4. The summed E-state index contributed by atoms with van der Waals surface area (Å²) in [5.74, 6) is -2.66. The van der Waals surface area contributed by atoms with E-state index in [1.54, 1.807) is 36.4 Å². The topological polar surface area (TPSA) is 92.8 Å². The van der Waals surface area contributed by atoms with Crippen molar-refractivity contribution in [1.82, 2.24) is 4.90 Å². The summed E-state index contributed by atoms with van der Waals surface area (Å²) in [6.07, 6.45) is 0. The lowest BCUT2D eigenvalue weighted by Crippen LogP contribution is -2.29. The second-order valence-corrected chi connectivity index (χ2v) is 7.08. The van der Waals surface area contributed by atoms with Gasteiger partial charge in [0.25, 0.3) is 17.7 Å². The molecule has 0 unspecified atom stereocenters. The molecule has 1 N–H and O–H groups in total. The first-order valence-corrected chi connectivity index (χ1v) is 9.69. The Balaban J connectivity index is 1.38. The van der Waals surface area contributed by atoms with E-state index in [0.717, 1.165) is 11.0 Å². The smallest absolute Gasteiger partial charge is 0.338 e. The number of carbonyl (C=O) groups is 4. The molecule has 1 aliphatic heterocycles. The van der Waals surface area contributed by atoms with Crippen LogP contribution in [0.3, 0.4) is 0 Å². The zero-order chi connectivity index (χ0) is 22.7. The van der Waals surface area contributed by atoms with Crippen LogP contribution in [0.4, 0.5) is 10.1 Å². The molecule has 160 valence electrons. The Hall–Kier alpha value is -4.33. The molecular formula is C24H17FN2O5. The minimum atomic E-state index is -0.747. The number of nitrogens with one attached hydrogen (secondary N) is 1. The van der Waals surface area contributed by atoms with Gasteiger partial charge in [0.2, 0.25) is 0 Å². The van der Waals surface area contributed by atoms with Crippen molar-refractivity contribution < 1.29 is 28.3 Å². The molecule has 0 radical (unpaired) electrons. The van der Waals surface area contributed by atoms with Crippen LogP contribution in [0.15, 0.2) is 72.8 Å². The number of anilines is 1. The largest absolute Gasteiger partial charge is 0.452 e. The maximum Gasteiger partial charge on any atom is 0.338 e. The fourth-order valence-corrected chi connectivity index (χ4v) is 3.34. The number of halogens is 1. The number of esters is 1. The summed E-state index contributed by atoms with van der Waals surface area (Å²) in [7, 11) is 0. The van der Waals surface area contributed by atoms with Crippen molar-refractivity contribution >= 4 is 29.4 Å². The first-order valence-electron chi connectivity index (χ1n) is 9.69. The molecule has 0 aliphatic carbocycles. The predicted octanol–water partition coefficient (Wildman–Crippen LogP) is 3.42. The summed E-state index contributed by atoms with van der Waals surface area (Å²) in [5.41, 5.74) is 1.65. The second-order valence-electron chi connectivity index (χ2n) is 7.08. The Morgan fingerprint density at radius 1 is 0.875 bits per heavy atom. The molecule has 0 spiro atoms. The van der Waals surface area contributed by atoms with Gasteiger partial charge in [-0.05, 0) is 48.0 Å². The van der Waals surface area contributed by atoms with E-state index in [9.17, 15) is 23.6 Å². The third-order valence-electron chi connectivity index (χ3n) is 4.82. The molecule has 0 saturated heterocycles. The third-order valence-corrected chi connectivity index (χ3v) is 4.82. The Morgan fingerprint density at radius 3 is 2.25 bits per heavy atom. The number of ether oxygens (including phenoxy) is 1. The third kappa shape index (κ3) is 4.39. The molecule has 4 rings (SSSR count). The van der Waals surface area contributed by atoms with Gasteiger partial charge in [0, 0.05) is 5.69 Å². The molecule has 0 atom stereocenters. The van der Waals surface area contributed by atoms with Gasteiger partial charge in [-0.25, -0.2) is 9.18 Å². The Labute approximate surface area is 182 Å².